The summed E-state index contributed by atoms with van der Waals surface area (Å²) in [6.07, 6.45) is 6.58. The predicted molar refractivity (Wildman–Crippen MR) is 49.6 cm³/mol. The highest BCUT2D eigenvalue weighted by Gasteiger charge is 1.94. The van der Waals surface area contributed by atoms with Crippen molar-refractivity contribution in [1.29, 1.82) is 0 Å². The van der Waals surface area contributed by atoms with E-state index in [4.69, 9.17) is 4.74 Å². The molecule has 0 bridgehead atoms. The van der Waals surface area contributed by atoms with Crippen LogP contribution in [-0.2, 0) is 9.53 Å². The molecule has 0 heterocycles. The summed E-state index contributed by atoms with van der Waals surface area (Å²) in [5.41, 5.74) is 0. The lowest BCUT2D eigenvalue weighted by Gasteiger charge is -2.00. The van der Waals surface area contributed by atoms with Gasteiger partial charge in [-0.05, 0) is 6.42 Å². The fourth-order valence-corrected chi connectivity index (χ4v) is 0.864. The number of carbonyl (C=O) groups excluding carboxylic acids is 1. The quantitative estimate of drug-likeness (QED) is 0.332. The number of hydrogen-bond donors (Lipinski definition) is 0. The van der Waals surface area contributed by atoms with Crippen LogP contribution in [0.5, 0.6) is 0 Å². The molecule has 0 aliphatic rings. The largest absolute Gasteiger partial charge is 0.463 e. The minimum absolute atomic E-state index is 0.327. The fraction of sp³-hybridized carbons (Fsp3) is 0.600. The van der Waals surface area contributed by atoms with Gasteiger partial charge in [-0.2, -0.15) is 0 Å². The van der Waals surface area contributed by atoms with E-state index in [0.717, 1.165) is 25.7 Å². The van der Waals surface area contributed by atoms with Crippen LogP contribution in [0.25, 0.3) is 0 Å². The van der Waals surface area contributed by atoms with Gasteiger partial charge in [-0.15, -0.1) is 0 Å². The van der Waals surface area contributed by atoms with Crippen LogP contribution >= 0.6 is 0 Å². The van der Waals surface area contributed by atoms with E-state index in [9.17, 15) is 4.79 Å². The summed E-state index contributed by atoms with van der Waals surface area (Å²) in [6, 6.07) is 0. The van der Waals surface area contributed by atoms with Crippen LogP contribution in [0.3, 0.4) is 0 Å². The van der Waals surface area contributed by atoms with Crippen LogP contribution < -0.4 is 0 Å². The maximum absolute atomic E-state index is 10.6. The van der Waals surface area contributed by atoms with Crippen LogP contribution in [0, 0.1) is 6.92 Å². The normalized spacial score (nSPS) is 9.42. The van der Waals surface area contributed by atoms with Crippen LogP contribution in [-0.4, -0.2) is 12.6 Å². The fourth-order valence-electron chi connectivity index (χ4n) is 0.864. The second-order valence-electron chi connectivity index (χ2n) is 2.64. The molecule has 0 N–H and O–H groups in total. The summed E-state index contributed by atoms with van der Waals surface area (Å²) in [5, 5.41) is 0. The Labute approximate surface area is 74.6 Å². The van der Waals surface area contributed by atoms with Crippen molar-refractivity contribution < 1.29 is 9.53 Å². The van der Waals surface area contributed by atoms with Gasteiger partial charge in [-0.1, -0.05) is 39.2 Å². The molecule has 0 amide bonds. The highest BCUT2D eigenvalue weighted by molar-refractivity contribution is 5.81. The van der Waals surface area contributed by atoms with E-state index in [1.165, 1.54) is 12.5 Å². The average molecular weight is 169 g/mol. The van der Waals surface area contributed by atoms with Crippen molar-refractivity contribution in [2.24, 2.45) is 0 Å². The van der Waals surface area contributed by atoms with Gasteiger partial charge in [0.1, 0.15) is 0 Å². The molecule has 0 aromatic heterocycles. The highest BCUT2D eigenvalue weighted by Crippen LogP contribution is 2.02. The minimum atomic E-state index is -0.327. The van der Waals surface area contributed by atoms with E-state index in [0.29, 0.717) is 6.61 Å². The van der Waals surface area contributed by atoms with Gasteiger partial charge in [0.2, 0.25) is 0 Å². The molecule has 2 heteroatoms. The molecule has 12 heavy (non-hydrogen) atoms. The Balaban J connectivity index is 3.00. The number of ether oxygens (including phenoxy) is 1. The van der Waals surface area contributed by atoms with E-state index in [-0.39, 0.29) is 5.97 Å². The smallest absolute Gasteiger partial charge is 0.330 e. The van der Waals surface area contributed by atoms with Crippen molar-refractivity contribution in [3.63, 3.8) is 0 Å². The minimum Gasteiger partial charge on any atom is -0.463 e. The summed E-state index contributed by atoms with van der Waals surface area (Å²) in [5.74, 6) is -0.327. The van der Waals surface area contributed by atoms with E-state index in [1.807, 2.05) is 0 Å². The molecule has 0 saturated heterocycles. The molecule has 0 saturated carbocycles. The van der Waals surface area contributed by atoms with E-state index >= 15 is 0 Å². The molecule has 0 spiro atoms. The lowest BCUT2D eigenvalue weighted by atomic mass is 10.2. The number of esters is 1. The average Bonchev–Trinajstić information content (AvgIpc) is 2.10. The Morgan fingerprint density at radius 3 is 2.50 bits per heavy atom. The van der Waals surface area contributed by atoms with Crippen LogP contribution in [0.4, 0.5) is 0 Å². The molecule has 0 rings (SSSR count). The number of carbonyl (C=O) groups is 1. The van der Waals surface area contributed by atoms with Gasteiger partial charge in [-0.3, -0.25) is 0 Å². The zero-order chi connectivity index (χ0) is 9.23. The van der Waals surface area contributed by atoms with Crippen LogP contribution in [0.15, 0.2) is 12.7 Å². The van der Waals surface area contributed by atoms with E-state index in [1.54, 1.807) is 0 Å². The maximum atomic E-state index is 10.6. The van der Waals surface area contributed by atoms with E-state index in [2.05, 4.69) is 13.5 Å². The van der Waals surface area contributed by atoms with Gasteiger partial charge in [0, 0.05) is 6.08 Å². The zero-order valence-electron chi connectivity index (χ0n) is 7.55. The monoisotopic (exact) mass is 169 g/mol. The Morgan fingerprint density at radius 2 is 1.92 bits per heavy atom. The van der Waals surface area contributed by atoms with Crippen molar-refractivity contribution in [3.8, 4) is 0 Å². The van der Waals surface area contributed by atoms with Gasteiger partial charge in [0.25, 0.3) is 0 Å². The van der Waals surface area contributed by atoms with E-state index < -0.39 is 0 Å². The van der Waals surface area contributed by atoms with Crippen molar-refractivity contribution in [2.45, 2.75) is 32.1 Å². The molecular formula is C10H17O2. The molecule has 69 valence electrons. The second-order valence-corrected chi connectivity index (χ2v) is 2.64. The lowest BCUT2D eigenvalue weighted by molar-refractivity contribution is -0.137. The first-order valence-corrected chi connectivity index (χ1v) is 4.39. The summed E-state index contributed by atoms with van der Waals surface area (Å²) < 4.78 is 4.80. The van der Waals surface area contributed by atoms with Gasteiger partial charge < -0.3 is 4.74 Å². The lowest BCUT2D eigenvalue weighted by Crippen LogP contribution is -2.01. The first kappa shape index (κ1) is 11.2. The summed E-state index contributed by atoms with van der Waals surface area (Å²) in [4.78, 5) is 10.6. The molecule has 1 radical (unpaired) electrons. The van der Waals surface area contributed by atoms with Crippen molar-refractivity contribution in [3.05, 3.63) is 19.6 Å². The van der Waals surface area contributed by atoms with Crippen molar-refractivity contribution in [1.82, 2.24) is 0 Å². The third kappa shape index (κ3) is 7.32. The SMILES string of the molecule is [CH2]CCCCCCOC(=O)C=C. The van der Waals surface area contributed by atoms with Gasteiger partial charge in [-0.25, -0.2) is 4.79 Å². The van der Waals surface area contributed by atoms with Crippen LogP contribution in [0.2, 0.25) is 0 Å². The second kappa shape index (κ2) is 8.31. The molecule has 0 fully saturated rings. The Hall–Kier alpha value is -0.790. The van der Waals surface area contributed by atoms with Gasteiger partial charge in [0.15, 0.2) is 0 Å². The number of unbranched alkanes of at least 4 members (excludes halogenated alkanes) is 4. The third-order valence-electron chi connectivity index (χ3n) is 1.56. The Morgan fingerprint density at radius 1 is 1.25 bits per heavy atom. The first-order chi connectivity index (χ1) is 5.81. The van der Waals surface area contributed by atoms with Crippen molar-refractivity contribution in [2.75, 3.05) is 6.61 Å². The standard InChI is InChI=1S/C10H17O2/c1-3-5-6-7-8-9-12-10(11)4-2/h4H,1-3,5-9H2. The number of rotatable bonds is 7. The number of hydrogen-bond acceptors (Lipinski definition) is 2. The maximum Gasteiger partial charge on any atom is 0.330 e. The Bertz CT molecular complexity index is 130. The molecule has 0 aromatic rings. The summed E-state index contributed by atoms with van der Waals surface area (Å²) >= 11 is 0. The van der Waals surface area contributed by atoms with Crippen molar-refractivity contribution >= 4 is 5.97 Å². The predicted octanol–water partition coefficient (Wildman–Crippen LogP) is 2.50. The van der Waals surface area contributed by atoms with Gasteiger partial charge in [0.05, 0.1) is 6.61 Å². The molecule has 0 aliphatic carbocycles. The highest BCUT2D eigenvalue weighted by atomic mass is 16.5. The molecule has 0 aliphatic heterocycles. The first-order valence-electron chi connectivity index (χ1n) is 4.39. The molecule has 0 atom stereocenters. The summed E-state index contributed by atoms with van der Waals surface area (Å²) in [6.45, 7) is 7.57. The molecule has 0 aromatic carbocycles. The Kier molecular flexibility index (Phi) is 7.76. The molecule has 0 unspecified atom stereocenters. The third-order valence-corrected chi connectivity index (χ3v) is 1.56. The zero-order valence-corrected chi connectivity index (χ0v) is 7.55. The molecular weight excluding hydrogens is 152 g/mol. The molecule has 2 nitrogen and oxygen atoms in total. The topological polar surface area (TPSA) is 26.3 Å². The summed E-state index contributed by atoms with van der Waals surface area (Å²) in [7, 11) is 0. The van der Waals surface area contributed by atoms with Gasteiger partial charge >= 0.3 is 5.97 Å². The van der Waals surface area contributed by atoms with Crippen LogP contribution in [0.1, 0.15) is 32.1 Å².